The lowest BCUT2D eigenvalue weighted by atomic mass is 10.1. The molecule has 0 bridgehead atoms. The molecule has 3 aromatic rings. The summed E-state index contributed by atoms with van der Waals surface area (Å²) < 4.78 is 11.7. The van der Waals surface area contributed by atoms with E-state index in [0.29, 0.717) is 29.2 Å². The maximum atomic E-state index is 13.0. The lowest BCUT2D eigenvalue weighted by molar-refractivity contribution is 0.174. The molecule has 150 valence electrons. The van der Waals surface area contributed by atoms with Gasteiger partial charge in [-0.3, -0.25) is 9.78 Å². The Labute approximate surface area is 165 Å². The van der Waals surface area contributed by atoms with Gasteiger partial charge in [0, 0.05) is 18.3 Å². The number of nitrogens with zero attached hydrogens (tertiary/aromatic N) is 3. The average Bonchev–Trinajstić information content (AvgIpc) is 3.03. The highest BCUT2D eigenvalue weighted by atomic mass is 16.7. The number of aromatic amines is 1. The normalized spacial score (nSPS) is 16.7. The van der Waals surface area contributed by atoms with Gasteiger partial charge in [0.25, 0.3) is 5.56 Å². The molecule has 5 rings (SSSR count). The maximum Gasteiger partial charge on any atom is 0.334 e. The first-order valence-electron chi connectivity index (χ1n) is 9.88. The summed E-state index contributed by atoms with van der Waals surface area (Å²) in [6.07, 6.45) is 8.48. The van der Waals surface area contributed by atoms with Crippen LogP contribution in [0.2, 0.25) is 0 Å². The Kier molecular flexibility index (Phi) is 4.42. The van der Waals surface area contributed by atoms with Gasteiger partial charge in [-0.15, -0.1) is 0 Å². The summed E-state index contributed by atoms with van der Waals surface area (Å²) in [6, 6.07) is 5.23. The molecule has 2 N–H and O–H groups in total. The molecule has 2 aliphatic rings. The van der Waals surface area contributed by atoms with E-state index in [2.05, 4.69) is 20.3 Å². The van der Waals surface area contributed by atoms with Crippen molar-refractivity contribution in [3.8, 4) is 17.2 Å². The van der Waals surface area contributed by atoms with Crippen LogP contribution in [0.3, 0.4) is 0 Å². The minimum absolute atomic E-state index is 0.117. The Bertz CT molecular complexity index is 1180. The highest BCUT2D eigenvalue weighted by molar-refractivity contribution is 5.73. The summed E-state index contributed by atoms with van der Waals surface area (Å²) in [6.45, 7) is 0.117. The number of H-pyrrole nitrogens is 1. The summed E-state index contributed by atoms with van der Waals surface area (Å²) >= 11 is 0. The molecule has 1 aliphatic carbocycles. The van der Waals surface area contributed by atoms with Crippen molar-refractivity contribution < 1.29 is 9.47 Å². The second kappa shape index (κ2) is 7.23. The number of hydrogen-bond acceptors (Lipinski definition) is 7. The Hall–Kier alpha value is -3.36. The molecule has 0 spiro atoms. The van der Waals surface area contributed by atoms with Crippen molar-refractivity contribution >= 4 is 17.0 Å². The summed E-state index contributed by atoms with van der Waals surface area (Å²) in [5, 5.41) is 3.59. The number of nitrogens with one attached hydrogen (secondary N) is 2. The molecule has 0 radical (unpaired) electrons. The highest BCUT2D eigenvalue weighted by Crippen LogP contribution is 2.33. The predicted octanol–water partition coefficient (Wildman–Crippen LogP) is 2.33. The van der Waals surface area contributed by atoms with Crippen LogP contribution in [0.4, 0.5) is 5.95 Å². The standard InChI is InChI=1S/C20H21N5O4/c26-18-14-10-21-19(22-12-5-3-1-2-4-6-12)23-17(14)24-20(27)25(18)13-7-8-15-16(9-13)29-11-28-15/h7-10,12H,1-6,11H2,(H2,21,22,23,24,27). The molecular weight excluding hydrogens is 374 g/mol. The molecule has 0 amide bonds. The van der Waals surface area contributed by atoms with Crippen LogP contribution in [0.15, 0.2) is 34.0 Å². The monoisotopic (exact) mass is 395 g/mol. The Morgan fingerprint density at radius 3 is 2.69 bits per heavy atom. The Morgan fingerprint density at radius 1 is 1.07 bits per heavy atom. The van der Waals surface area contributed by atoms with Gasteiger partial charge in [0.15, 0.2) is 17.1 Å². The van der Waals surface area contributed by atoms with Crippen molar-refractivity contribution in [2.45, 2.75) is 44.6 Å². The van der Waals surface area contributed by atoms with Gasteiger partial charge in [0.2, 0.25) is 12.7 Å². The van der Waals surface area contributed by atoms with Gasteiger partial charge in [0.1, 0.15) is 5.39 Å². The predicted molar refractivity (Wildman–Crippen MR) is 107 cm³/mol. The molecule has 1 saturated carbocycles. The van der Waals surface area contributed by atoms with Crippen LogP contribution in [0, 0.1) is 0 Å². The molecule has 9 heteroatoms. The minimum Gasteiger partial charge on any atom is -0.454 e. The van der Waals surface area contributed by atoms with Crippen LogP contribution in [0.5, 0.6) is 11.5 Å². The molecule has 0 unspecified atom stereocenters. The van der Waals surface area contributed by atoms with Gasteiger partial charge in [-0.2, -0.15) is 4.98 Å². The first kappa shape index (κ1) is 17.7. The largest absolute Gasteiger partial charge is 0.454 e. The number of rotatable bonds is 3. The third-order valence-electron chi connectivity index (χ3n) is 5.45. The lowest BCUT2D eigenvalue weighted by Crippen LogP contribution is -2.34. The van der Waals surface area contributed by atoms with E-state index < -0.39 is 11.2 Å². The first-order chi connectivity index (χ1) is 14.2. The number of aromatic nitrogens is 4. The zero-order valence-corrected chi connectivity index (χ0v) is 15.8. The van der Waals surface area contributed by atoms with Crippen LogP contribution < -0.4 is 26.0 Å². The van der Waals surface area contributed by atoms with Crippen molar-refractivity contribution in [3.05, 3.63) is 45.2 Å². The fourth-order valence-corrected chi connectivity index (χ4v) is 3.94. The molecule has 0 saturated heterocycles. The van der Waals surface area contributed by atoms with Crippen molar-refractivity contribution in [2.24, 2.45) is 0 Å². The molecule has 9 nitrogen and oxygen atoms in total. The van der Waals surface area contributed by atoms with Gasteiger partial charge in [-0.1, -0.05) is 25.7 Å². The van der Waals surface area contributed by atoms with E-state index in [0.717, 1.165) is 17.4 Å². The minimum atomic E-state index is -0.569. The SMILES string of the molecule is O=c1[nH]c2nc(NC3CCCCCC3)ncc2c(=O)n1-c1ccc2c(c1)OCO2. The maximum absolute atomic E-state index is 13.0. The molecule has 29 heavy (non-hydrogen) atoms. The van der Waals surface area contributed by atoms with Crippen LogP contribution in [-0.4, -0.2) is 32.4 Å². The van der Waals surface area contributed by atoms with Gasteiger partial charge >= 0.3 is 5.69 Å². The molecular formula is C20H21N5O4. The molecule has 1 fully saturated rings. The molecule has 1 aromatic carbocycles. The summed E-state index contributed by atoms with van der Waals surface area (Å²) in [5.41, 5.74) is -0.435. The summed E-state index contributed by atoms with van der Waals surface area (Å²) in [5.74, 6) is 1.50. The van der Waals surface area contributed by atoms with Crippen molar-refractivity contribution in [2.75, 3.05) is 12.1 Å². The van der Waals surface area contributed by atoms with E-state index in [1.807, 2.05) is 0 Å². The quantitative estimate of drug-likeness (QED) is 0.655. The second-order valence-electron chi connectivity index (χ2n) is 7.40. The lowest BCUT2D eigenvalue weighted by Gasteiger charge is -2.16. The van der Waals surface area contributed by atoms with E-state index in [4.69, 9.17) is 9.47 Å². The molecule has 0 atom stereocenters. The Balaban J connectivity index is 1.51. The van der Waals surface area contributed by atoms with Crippen molar-refractivity contribution in [3.63, 3.8) is 0 Å². The fraction of sp³-hybridized carbons (Fsp3) is 0.400. The highest BCUT2D eigenvalue weighted by Gasteiger charge is 2.18. The number of fused-ring (bicyclic) bond motifs is 2. The fourth-order valence-electron chi connectivity index (χ4n) is 3.94. The van der Waals surface area contributed by atoms with Crippen LogP contribution in [0.1, 0.15) is 38.5 Å². The van der Waals surface area contributed by atoms with E-state index in [9.17, 15) is 9.59 Å². The van der Waals surface area contributed by atoms with Crippen LogP contribution in [0.25, 0.3) is 16.7 Å². The zero-order valence-electron chi connectivity index (χ0n) is 15.8. The van der Waals surface area contributed by atoms with Gasteiger partial charge in [0.05, 0.1) is 5.69 Å². The third kappa shape index (κ3) is 3.32. The zero-order chi connectivity index (χ0) is 19.8. The van der Waals surface area contributed by atoms with Crippen molar-refractivity contribution in [1.29, 1.82) is 0 Å². The second-order valence-corrected chi connectivity index (χ2v) is 7.40. The van der Waals surface area contributed by atoms with E-state index in [1.165, 1.54) is 31.9 Å². The topological polar surface area (TPSA) is 111 Å². The number of benzene rings is 1. The van der Waals surface area contributed by atoms with Crippen LogP contribution in [-0.2, 0) is 0 Å². The van der Waals surface area contributed by atoms with Crippen LogP contribution >= 0.6 is 0 Å². The van der Waals surface area contributed by atoms with Crippen molar-refractivity contribution in [1.82, 2.24) is 19.5 Å². The van der Waals surface area contributed by atoms with Gasteiger partial charge in [-0.25, -0.2) is 14.3 Å². The smallest absolute Gasteiger partial charge is 0.334 e. The summed E-state index contributed by atoms with van der Waals surface area (Å²) in [7, 11) is 0. The van der Waals surface area contributed by atoms with E-state index >= 15 is 0 Å². The molecule has 3 heterocycles. The summed E-state index contributed by atoms with van der Waals surface area (Å²) in [4.78, 5) is 37.0. The molecule has 1 aliphatic heterocycles. The van der Waals surface area contributed by atoms with E-state index in [1.54, 1.807) is 18.2 Å². The molecule has 2 aromatic heterocycles. The average molecular weight is 395 g/mol. The van der Waals surface area contributed by atoms with Gasteiger partial charge < -0.3 is 14.8 Å². The van der Waals surface area contributed by atoms with E-state index in [-0.39, 0.29) is 17.8 Å². The van der Waals surface area contributed by atoms with Gasteiger partial charge in [-0.05, 0) is 25.0 Å². The number of hydrogen-bond donors (Lipinski definition) is 2. The third-order valence-corrected chi connectivity index (χ3v) is 5.45. The number of anilines is 1. The first-order valence-corrected chi connectivity index (χ1v) is 9.88. The Morgan fingerprint density at radius 2 is 1.86 bits per heavy atom. The number of ether oxygens (including phenoxy) is 2.